The second-order valence-electron chi connectivity index (χ2n) is 9.73. The lowest BCUT2D eigenvalue weighted by Gasteiger charge is -2.35. The summed E-state index contributed by atoms with van der Waals surface area (Å²) in [5.41, 5.74) is 7.06. The Morgan fingerprint density at radius 3 is 2.38 bits per heavy atom. The number of nitrogens with two attached hydrogens (primary N) is 1. The van der Waals surface area contributed by atoms with Crippen molar-refractivity contribution in [2.75, 3.05) is 31.5 Å². The molecule has 4 rings (SSSR count). The van der Waals surface area contributed by atoms with Crippen LogP contribution in [0.1, 0.15) is 32.0 Å². The van der Waals surface area contributed by atoms with Crippen molar-refractivity contribution in [1.82, 2.24) is 19.8 Å². The Labute approximate surface area is 241 Å². The van der Waals surface area contributed by atoms with Crippen LogP contribution in [-0.2, 0) is 9.53 Å². The number of halogens is 1. The maximum absolute atomic E-state index is 13.0. The van der Waals surface area contributed by atoms with E-state index >= 15 is 0 Å². The summed E-state index contributed by atoms with van der Waals surface area (Å²) in [6.07, 6.45) is -0.132. The quantitative estimate of drug-likeness (QED) is 0.328. The summed E-state index contributed by atoms with van der Waals surface area (Å²) >= 11 is 7.54. The molecule has 11 nitrogen and oxygen atoms in total. The standard InChI is InChI=1S/C26H27ClN6O3S.CH3NO/c1-16-12-19(14-20(27)29-16)22-21(18-7-5-6-17(13-18)15-28)30-23(37-22)31-24(34)32-8-10-33(11-9-32)25(35)36-26(2,3)4;2-1-3/h5-7,12-14H,8-11H2,1-4H3,(H,30,31,34);1H,(H2,2,3). The molecule has 4 amide bonds. The molecule has 210 valence electrons. The largest absolute Gasteiger partial charge is 0.444 e. The van der Waals surface area contributed by atoms with Gasteiger partial charge in [-0.15, -0.1) is 0 Å². The summed E-state index contributed by atoms with van der Waals surface area (Å²) in [4.78, 5) is 47.0. The number of urea groups is 1. The number of carbonyl (C=O) groups is 3. The molecule has 2 aromatic heterocycles. The van der Waals surface area contributed by atoms with E-state index in [0.29, 0.717) is 47.7 Å². The Hall–Kier alpha value is -4.21. The number of aryl methyl sites for hydroxylation is 1. The first kappa shape index (κ1) is 30.3. The van der Waals surface area contributed by atoms with Crippen molar-refractivity contribution >= 4 is 46.6 Å². The van der Waals surface area contributed by atoms with Crippen LogP contribution in [0.25, 0.3) is 21.7 Å². The number of piperazine rings is 1. The molecular formula is C27H30ClN7O4S. The first-order valence-corrected chi connectivity index (χ1v) is 13.5. The molecule has 1 aliphatic heterocycles. The molecule has 1 fully saturated rings. The highest BCUT2D eigenvalue weighted by molar-refractivity contribution is 7.19. The van der Waals surface area contributed by atoms with Crippen molar-refractivity contribution in [1.29, 1.82) is 5.26 Å². The van der Waals surface area contributed by atoms with Crippen molar-refractivity contribution in [2.45, 2.75) is 33.3 Å². The van der Waals surface area contributed by atoms with Gasteiger partial charge in [-0.25, -0.2) is 19.6 Å². The zero-order valence-electron chi connectivity index (χ0n) is 22.6. The summed E-state index contributed by atoms with van der Waals surface area (Å²) in [6, 6.07) is 12.7. The monoisotopic (exact) mass is 583 g/mol. The molecule has 0 spiro atoms. The number of nitriles is 1. The highest BCUT2D eigenvalue weighted by atomic mass is 35.5. The molecule has 3 heterocycles. The van der Waals surface area contributed by atoms with Crippen LogP contribution in [0.4, 0.5) is 14.7 Å². The number of hydrogen-bond donors (Lipinski definition) is 2. The van der Waals surface area contributed by atoms with Gasteiger partial charge in [0.25, 0.3) is 0 Å². The number of carbonyl (C=O) groups excluding carboxylic acids is 3. The average Bonchev–Trinajstić information content (AvgIpc) is 3.31. The molecule has 0 saturated carbocycles. The Bertz CT molecular complexity index is 1400. The van der Waals surface area contributed by atoms with Gasteiger partial charge in [-0.05, 0) is 57.5 Å². The summed E-state index contributed by atoms with van der Waals surface area (Å²) < 4.78 is 5.43. The topological polar surface area (TPSA) is 155 Å². The maximum atomic E-state index is 13.0. The van der Waals surface area contributed by atoms with Crippen LogP contribution < -0.4 is 11.1 Å². The number of nitrogens with zero attached hydrogens (tertiary/aromatic N) is 5. The second kappa shape index (κ2) is 13.2. The van der Waals surface area contributed by atoms with E-state index < -0.39 is 5.60 Å². The number of ether oxygens (including phenoxy) is 1. The molecule has 0 aliphatic carbocycles. The summed E-state index contributed by atoms with van der Waals surface area (Å²) in [6.45, 7) is 8.83. The zero-order valence-corrected chi connectivity index (χ0v) is 24.2. The first-order chi connectivity index (χ1) is 18.9. The third-order valence-corrected chi connectivity index (χ3v) is 6.72. The van der Waals surface area contributed by atoms with Gasteiger partial charge in [0.1, 0.15) is 10.8 Å². The molecule has 3 N–H and O–H groups in total. The zero-order chi connectivity index (χ0) is 29.4. The van der Waals surface area contributed by atoms with E-state index in [4.69, 9.17) is 26.1 Å². The highest BCUT2D eigenvalue weighted by Crippen LogP contribution is 2.40. The van der Waals surface area contributed by atoms with Crippen LogP contribution in [-0.4, -0.2) is 70.1 Å². The number of pyridine rings is 1. The fourth-order valence-electron chi connectivity index (χ4n) is 3.85. The first-order valence-electron chi connectivity index (χ1n) is 12.3. The normalized spacial score (nSPS) is 13.0. The predicted octanol–water partition coefficient (Wildman–Crippen LogP) is 4.89. The summed E-state index contributed by atoms with van der Waals surface area (Å²) in [5, 5.41) is 13.0. The van der Waals surface area contributed by atoms with Crippen LogP contribution in [0.5, 0.6) is 0 Å². The van der Waals surface area contributed by atoms with Crippen LogP contribution in [0, 0.1) is 18.3 Å². The number of thiazole rings is 1. The molecule has 40 heavy (non-hydrogen) atoms. The van der Waals surface area contributed by atoms with Gasteiger partial charge in [-0.3, -0.25) is 10.1 Å². The number of primary amides is 1. The van der Waals surface area contributed by atoms with Gasteiger partial charge in [0.2, 0.25) is 6.41 Å². The van der Waals surface area contributed by atoms with Crippen LogP contribution in [0.2, 0.25) is 5.15 Å². The number of hydrogen-bond acceptors (Lipinski definition) is 8. The Morgan fingerprint density at radius 1 is 1.12 bits per heavy atom. The Morgan fingerprint density at radius 2 is 1.77 bits per heavy atom. The SMILES string of the molecule is Cc1cc(-c2sc(NC(=O)N3CCN(C(=O)OC(C)(C)C)CC3)nc2-c2cccc(C#N)c2)cc(Cl)n1.NC=O. The molecule has 13 heteroatoms. The van der Waals surface area contributed by atoms with E-state index in [-0.39, 0.29) is 18.5 Å². The predicted molar refractivity (Wildman–Crippen MR) is 154 cm³/mol. The lowest BCUT2D eigenvalue weighted by atomic mass is 10.1. The van der Waals surface area contributed by atoms with Crippen LogP contribution in [0.3, 0.4) is 0 Å². The minimum Gasteiger partial charge on any atom is -0.444 e. The molecule has 0 unspecified atom stereocenters. The van der Waals surface area contributed by atoms with E-state index in [1.807, 2.05) is 39.8 Å². The number of benzene rings is 1. The average molecular weight is 584 g/mol. The second-order valence-corrected chi connectivity index (χ2v) is 11.1. The van der Waals surface area contributed by atoms with Crippen molar-refractivity contribution < 1.29 is 19.1 Å². The number of amides is 4. The van der Waals surface area contributed by atoms with Gasteiger partial charge in [0.15, 0.2) is 5.13 Å². The van der Waals surface area contributed by atoms with Gasteiger partial charge in [0, 0.05) is 37.4 Å². The minimum absolute atomic E-state index is 0.250. The molecule has 0 atom stereocenters. The molecule has 1 aromatic carbocycles. The van der Waals surface area contributed by atoms with E-state index in [0.717, 1.165) is 21.7 Å². The van der Waals surface area contributed by atoms with Crippen molar-refractivity contribution in [3.05, 3.63) is 52.8 Å². The van der Waals surface area contributed by atoms with Crippen LogP contribution in [0.15, 0.2) is 36.4 Å². The number of aromatic nitrogens is 2. The van der Waals surface area contributed by atoms with Gasteiger partial charge < -0.3 is 20.3 Å². The van der Waals surface area contributed by atoms with Gasteiger partial charge in [-0.1, -0.05) is 35.1 Å². The number of anilines is 1. The third kappa shape index (κ3) is 8.14. The van der Waals surface area contributed by atoms with E-state index in [9.17, 15) is 14.9 Å². The van der Waals surface area contributed by atoms with Crippen molar-refractivity contribution in [3.63, 3.8) is 0 Å². The van der Waals surface area contributed by atoms with Gasteiger partial charge in [0.05, 0.1) is 22.2 Å². The molecule has 1 aliphatic rings. The fraction of sp³-hybridized carbons (Fsp3) is 0.333. The van der Waals surface area contributed by atoms with Crippen LogP contribution >= 0.6 is 22.9 Å². The highest BCUT2D eigenvalue weighted by Gasteiger charge is 2.28. The van der Waals surface area contributed by atoms with E-state index in [1.54, 1.807) is 34.1 Å². The third-order valence-electron chi connectivity index (χ3n) is 5.51. The lowest BCUT2D eigenvalue weighted by molar-refractivity contribution is -0.106. The smallest absolute Gasteiger partial charge is 0.410 e. The molecule has 0 radical (unpaired) electrons. The van der Waals surface area contributed by atoms with Gasteiger partial charge >= 0.3 is 12.1 Å². The molecular weight excluding hydrogens is 554 g/mol. The maximum Gasteiger partial charge on any atom is 0.410 e. The summed E-state index contributed by atoms with van der Waals surface area (Å²) in [7, 11) is 0. The lowest BCUT2D eigenvalue weighted by Crippen LogP contribution is -2.52. The number of rotatable bonds is 3. The fourth-order valence-corrected chi connectivity index (χ4v) is 5.06. The minimum atomic E-state index is -0.573. The Balaban J connectivity index is 0.00000141. The van der Waals surface area contributed by atoms with Gasteiger partial charge in [-0.2, -0.15) is 5.26 Å². The van der Waals surface area contributed by atoms with E-state index in [1.165, 1.54) is 11.3 Å². The Kier molecular flexibility index (Phi) is 10.0. The molecule has 3 aromatic rings. The molecule has 1 saturated heterocycles. The van der Waals surface area contributed by atoms with E-state index in [2.05, 4.69) is 22.1 Å². The summed E-state index contributed by atoms with van der Waals surface area (Å²) in [5.74, 6) is 0. The number of nitrogens with one attached hydrogen (secondary N) is 1. The van der Waals surface area contributed by atoms with Crippen molar-refractivity contribution in [2.24, 2.45) is 5.73 Å². The molecule has 0 bridgehead atoms. The van der Waals surface area contributed by atoms with Crippen molar-refractivity contribution in [3.8, 4) is 27.8 Å².